The average molecular weight is 612 g/mol. The van der Waals surface area contributed by atoms with Crippen LogP contribution in [0.3, 0.4) is 0 Å². The van der Waals surface area contributed by atoms with Crippen molar-refractivity contribution in [1.29, 1.82) is 0 Å². The van der Waals surface area contributed by atoms with Gasteiger partial charge in [0.2, 0.25) is 5.82 Å². The van der Waals surface area contributed by atoms with Gasteiger partial charge in [-0.25, -0.2) is 4.98 Å². The van der Waals surface area contributed by atoms with Crippen LogP contribution in [0, 0.1) is 5.92 Å². The van der Waals surface area contributed by atoms with E-state index < -0.39 is 0 Å². The summed E-state index contributed by atoms with van der Waals surface area (Å²) in [5.74, 6) is 3.20. The van der Waals surface area contributed by atoms with E-state index in [2.05, 4.69) is 37.9 Å². The Morgan fingerprint density at radius 2 is 1.52 bits per heavy atom. The monoisotopic (exact) mass is 611 g/mol. The molecule has 0 saturated carbocycles. The summed E-state index contributed by atoms with van der Waals surface area (Å²) in [6, 6.07) is 22.7. The highest BCUT2D eigenvalue weighted by molar-refractivity contribution is 6.31. The van der Waals surface area contributed by atoms with E-state index in [1.807, 2.05) is 80.6 Å². The molecule has 10 nitrogen and oxygen atoms in total. The molecule has 0 bridgehead atoms. The third kappa shape index (κ3) is 6.81. The highest BCUT2D eigenvalue weighted by Crippen LogP contribution is 2.34. The molecule has 3 aromatic heterocycles. The van der Waals surface area contributed by atoms with Crippen molar-refractivity contribution in [1.82, 2.24) is 25.3 Å². The number of nitrogens with one attached hydrogen (secondary N) is 2. The van der Waals surface area contributed by atoms with E-state index in [1.165, 1.54) is 0 Å². The van der Waals surface area contributed by atoms with Crippen molar-refractivity contribution in [3.8, 4) is 34.5 Å². The quantitative estimate of drug-likeness (QED) is 0.149. The molecule has 0 aliphatic heterocycles. The summed E-state index contributed by atoms with van der Waals surface area (Å²) in [6.45, 7) is 7.55. The first kappa shape index (κ1) is 30.5. The van der Waals surface area contributed by atoms with Gasteiger partial charge in [-0.05, 0) is 78.7 Å². The SMILES string of the molecule is CC.COc1ccc(-c2noc(-c3ccc(NCC(C)CNc4c5ccc(Cl)cc5nc5ccc(OC)cc45)nn3)n2)cc1. The summed E-state index contributed by atoms with van der Waals surface area (Å²) >= 11 is 6.26. The normalized spacial score (nSPS) is 11.5. The Kier molecular flexibility index (Phi) is 9.71. The van der Waals surface area contributed by atoms with E-state index in [1.54, 1.807) is 20.3 Å². The standard InChI is InChI=1S/C31H28ClN7O3.C2H6/c1-18(17-34-29-23-10-6-20(32)14-27(23)35-25-11-9-22(41-3)15-24(25)29)16-33-28-13-12-26(37-38-28)31-36-30(39-42-31)19-4-7-21(40-2)8-5-19;1-2/h4-15,18H,16-17H2,1-3H3,(H,33,38)(H,34,35);1-2H3. The molecule has 0 amide bonds. The number of hydrogen-bond donors (Lipinski definition) is 2. The fourth-order valence-corrected chi connectivity index (χ4v) is 4.73. The van der Waals surface area contributed by atoms with E-state index >= 15 is 0 Å². The Morgan fingerprint density at radius 3 is 2.25 bits per heavy atom. The predicted molar refractivity (Wildman–Crippen MR) is 176 cm³/mol. The van der Waals surface area contributed by atoms with Crippen molar-refractivity contribution in [2.45, 2.75) is 20.8 Å². The first-order valence-electron chi connectivity index (χ1n) is 14.4. The molecule has 0 aliphatic carbocycles. The van der Waals surface area contributed by atoms with E-state index in [9.17, 15) is 0 Å². The summed E-state index contributed by atoms with van der Waals surface area (Å²) in [6.07, 6.45) is 0. The van der Waals surface area contributed by atoms with Crippen LogP contribution in [0.2, 0.25) is 5.02 Å². The molecular formula is C33H34ClN7O3. The van der Waals surface area contributed by atoms with Crippen LogP contribution in [0.5, 0.6) is 11.5 Å². The summed E-state index contributed by atoms with van der Waals surface area (Å²) < 4.78 is 16.1. The first-order chi connectivity index (χ1) is 21.5. The van der Waals surface area contributed by atoms with Crippen LogP contribution in [0.4, 0.5) is 11.5 Å². The van der Waals surface area contributed by atoms with Crippen LogP contribution < -0.4 is 20.1 Å². The van der Waals surface area contributed by atoms with Crippen molar-refractivity contribution in [3.63, 3.8) is 0 Å². The average Bonchev–Trinajstić information content (AvgIpc) is 3.57. The maximum absolute atomic E-state index is 6.26. The third-order valence-electron chi connectivity index (χ3n) is 6.86. The molecule has 2 N–H and O–H groups in total. The minimum Gasteiger partial charge on any atom is -0.497 e. The van der Waals surface area contributed by atoms with Crippen LogP contribution in [-0.2, 0) is 0 Å². The van der Waals surface area contributed by atoms with Gasteiger partial charge < -0.3 is 24.6 Å². The number of nitrogens with zero attached hydrogens (tertiary/aromatic N) is 5. The molecule has 3 heterocycles. The van der Waals surface area contributed by atoms with Gasteiger partial charge in [0.05, 0.1) is 30.9 Å². The Bertz CT molecular complexity index is 1840. The zero-order chi connectivity index (χ0) is 31.1. The van der Waals surface area contributed by atoms with Crippen molar-refractivity contribution in [2.75, 3.05) is 37.9 Å². The molecule has 3 aromatic carbocycles. The van der Waals surface area contributed by atoms with Gasteiger partial charge >= 0.3 is 0 Å². The number of fused-ring (bicyclic) bond motifs is 2. The van der Waals surface area contributed by atoms with Gasteiger partial charge in [0.25, 0.3) is 5.89 Å². The molecular weight excluding hydrogens is 578 g/mol. The highest BCUT2D eigenvalue weighted by Gasteiger charge is 2.14. The Hall–Kier alpha value is -4.96. The predicted octanol–water partition coefficient (Wildman–Crippen LogP) is 7.75. The lowest BCUT2D eigenvalue weighted by Gasteiger charge is -2.18. The van der Waals surface area contributed by atoms with Crippen molar-refractivity contribution in [3.05, 3.63) is 77.8 Å². The minimum atomic E-state index is 0.255. The summed E-state index contributed by atoms with van der Waals surface area (Å²) in [5.41, 5.74) is 4.01. The molecule has 0 radical (unpaired) electrons. The number of hydrogen-bond acceptors (Lipinski definition) is 10. The summed E-state index contributed by atoms with van der Waals surface area (Å²) in [4.78, 5) is 9.26. The Morgan fingerprint density at radius 1 is 0.773 bits per heavy atom. The molecule has 1 unspecified atom stereocenters. The van der Waals surface area contributed by atoms with E-state index in [0.717, 1.165) is 44.6 Å². The number of halogens is 1. The van der Waals surface area contributed by atoms with Gasteiger partial charge in [-0.1, -0.05) is 37.5 Å². The van der Waals surface area contributed by atoms with E-state index in [4.69, 9.17) is 30.6 Å². The lowest BCUT2D eigenvalue weighted by molar-refractivity contribution is 0.414. The van der Waals surface area contributed by atoms with Crippen LogP contribution in [0.25, 0.3) is 44.8 Å². The maximum Gasteiger partial charge on any atom is 0.278 e. The van der Waals surface area contributed by atoms with Gasteiger partial charge in [-0.2, -0.15) is 4.98 Å². The van der Waals surface area contributed by atoms with Crippen LogP contribution in [0.1, 0.15) is 20.8 Å². The van der Waals surface area contributed by atoms with Gasteiger partial charge in [0.15, 0.2) is 5.69 Å². The molecule has 11 heteroatoms. The molecule has 6 aromatic rings. The first-order valence-corrected chi connectivity index (χ1v) is 14.8. The number of benzene rings is 3. The number of anilines is 2. The molecule has 0 saturated heterocycles. The van der Waals surface area contributed by atoms with Gasteiger partial charge in [-0.3, -0.25) is 0 Å². The van der Waals surface area contributed by atoms with Crippen molar-refractivity contribution >= 4 is 44.9 Å². The van der Waals surface area contributed by atoms with E-state index in [-0.39, 0.29) is 5.92 Å². The number of methoxy groups -OCH3 is 2. The highest BCUT2D eigenvalue weighted by atomic mass is 35.5. The smallest absolute Gasteiger partial charge is 0.278 e. The second-order valence-electron chi connectivity index (χ2n) is 9.85. The van der Waals surface area contributed by atoms with Crippen molar-refractivity contribution < 1.29 is 14.0 Å². The third-order valence-corrected chi connectivity index (χ3v) is 7.10. The van der Waals surface area contributed by atoms with Crippen LogP contribution >= 0.6 is 11.6 Å². The van der Waals surface area contributed by atoms with E-state index in [0.29, 0.717) is 41.3 Å². The zero-order valence-electron chi connectivity index (χ0n) is 25.3. The molecule has 0 fully saturated rings. The molecule has 0 aliphatic rings. The van der Waals surface area contributed by atoms with Gasteiger partial charge in [0, 0.05) is 34.4 Å². The van der Waals surface area contributed by atoms with Crippen LogP contribution in [-0.4, -0.2) is 52.6 Å². The lowest BCUT2D eigenvalue weighted by Crippen LogP contribution is -2.20. The number of aromatic nitrogens is 5. The van der Waals surface area contributed by atoms with Gasteiger partial charge in [0.1, 0.15) is 17.3 Å². The lowest BCUT2D eigenvalue weighted by atomic mass is 10.1. The molecule has 6 rings (SSSR count). The molecule has 44 heavy (non-hydrogen) atoms. The van der Waals surface area contributed by atoms with Gasteiger partial charge in [-0.15, -0.1) is 10.2 Å². The van der Waals surface area contributed by atoms with Crippen LogP contribution in [0.15, 0.2) is 77.3 Å². The summed E-state index contributed by atoms with van der Waals surface area (Å²) in [5, 5.41) is 22.3. The topological polar surface area (TPSA) is 120 Å². The zero-order valence-corrected chi connectivity index (χ0v) is 26.0. The molecule has 226 valence electrons. The second-order valence-corrected chi connectivity index (χ2v) is 10.3. The minimum absolute atomic E-state index is 0.255. The number of rotatable bonds is 10. The molecule has 0 spiro atoms. The van der Waals surface area contributed by atoms with Crippen molar-refractivity contribution in [2.24, 2.45) is 5.92 Å². The Labute approximate surface area is 260 Å². The largest absolute Gasteiger partial charge is 0.497 e. The number of ether oxygens (including phenoxy) is 2. The summed E-state index contributed by atoms with van der Waals surface area (Å²) in [7, 11) is 3.28. The second kappa shape index (κ2) is 14.0. The maximum atomic E-state index is 6.26. The fraction of sp³-hybridized carbons (Fsp3) is 0.242. The number of pyridine rings is 1. The Balaban J connectivity index is 0.00000188. The molecule has 1 atom stereocenters. The fourth-order valence-electron chi connectivity index (χ4n) is 4.57.